The Morgan fingerprint density at radius 2 is 2.24 bits per heavy atom. The maximum absolute atomic E-state index is 4.44. The van der Waals surface area contributed by atoms with Gasteiger partial charge in [-0.1, -0.05) is 22.9 Å². The highest BCUT2D eigenvalue weighted by molar-refractivity contribution is 9.09. The zero-order chi connectivity index (χ0) is 12.1. The quantitative estimate of drug-likeness (QED) is 0.755. The van der Waals surface area contributed by atoms with Gasteiger partial charge in [-0.2, -0.15) is 0 Å². The summed E-state index contributed by atoms with van der Waals surface area (Å²) in [4.78, 5) is 11.2. The number of nitrogens with zero attached hydrogens (tertiary/aromatic N) is 3. The van der Waals surface area contributed by atoms with Gasteiger partial charge < -0.3 is 4.90 Å². The topological polar surface area (TPSA) is 29.0 Å². The van der Waals surface area contributed by atoms with Crippen molar-refractivity contribution < 1.29 is 0 Å². The van der Waals surface area contributed by atoms with Gasteiger partial charge in [0.25, 0.3) is 0 Å². The molecular formula is C13H20BrN3. The minimum atomic E-state index is 0.702. The van der Waals surface area contributed by atoms with Crippen LogP contribution in [-0.2, 0) is 6.42 Å². The van der Waals surface area contributed by atoms with Crippen molar-refractivity contribution in [3.8, 4) is 0 Å². The minimum Gasteiger partial charge on any atom is -0.354 e. The molecule has 0 radical (unpaired) electrons. The van der Waals surface area contributed by atoms with E-state index in [4.69, 9.17) is 0 Å². The fourth-order valence-electron chi connectivity index (χ4n) is 2.15. The standard InChI is InChI=1S/C13H20BrN3/c1-2-11-9-13(16-10-15-11)17(8-4-7-14)12-5-3-6-12/h9-10,12H,2-8H2,1H3. The van der Waals surface area contributed by atoms with Crippen molar-refractivity contribution in [1.29, 1.82) is 0 Å². The number of aryl methyl sites for hydroxylation is 1. The molecule has 17 heavy (non-hydrogen) atoms. The summed E-state index contributed by atoms with van der Waals surface area (Å²) in [5.41, 5.74) is 1.14. The molecule has 0 saturated heterocycles. The second-order valence-corrected chi connectivity index (χ2v) is 5.33. The molecule has 1 saturated carbocycles. The van der Waals surface area contributed by atoms with Crippen LogP contribution in [0, 0.1) is 0 Å². The summed E-state index contributed by atoms with van der Waals surface area (Å²) in [5.74, 6) is 1.11. The van der Waals surface area contributed by atoms with Crippen molar-refractivity contribution in [1.82, 2.24) is 9.97 Å². The third-order valence-corrected chi connectivity index (χ3v) is 3.97. The van der Waals surface area contributed by atoms with Crippen LogP contribution >= 0.6 is 15.9 Å². The van der Waals surface area contributed by atoms with Gasteiger partial charge in [0, 0.05) is 29.7 Å². The van der Waals surface area contributed by atoms with E-state index in [2.05, 4.69) is 43.8 Å². The van der Waals surface area contributed by atoms with Gasteiger partial charge in [0.05, 0.1) is 0 Å². The number of halogens is 1. The molecule has 1 aromatic heterocycles. The number of hydrogen-bond donors (Lipinski definition) is 0. The molecule has 0 amide bonds. The van der Waals surface area contributed by atoms with Gasteiger partial charge in [-0.05, 0) is 32.1 Å². The molecule has 0 unspecified atom stereocenters. The van der Waals surface area contributed by atoms with Gasteiger partial charge in [0.15, 0.2) is 0 Å². The Balaban J connectivity index is 2.11. The Labute approximate surface area is 112 Å². The fraction of sp³-hybridized carbons (Fsp3) is 0.692. The maximum atomic E-state index is 4.44. The van der Waals surface area contributed by atoms with Crippen LogP contribution in [0.15, 0.2) is 12.4 Å². The van der Waals surface area contributed by atoms with Gasteiger partial charge in [-0.15, -0.1) is 0 Å². The molecule has 0 atom stereocenters. The van der Waals surface area contributed by atoms with Gasteiger partial charge in [-0.3, -0.25) is 0 Å². The van der Waals surface area contributed by atoms with Crippen molar-refractivity contribution in [3.05, 3.63) is 18.1 Å². The Morgan fingerprint density at radius 1 is 1.41 bits per heavy atom. The molecular weight excluding hydrogens is 278 g/mol. The molecule has 1 aliphatic carbocycles. The van der Waals surface area contributed by atoms with Gasteiger partial charge in [0.1, 0.15) is 12.1 Å². The van der Waals surface area contributed by atoms with Gasteiger partial charge >= 0.3 is 0 Å². The Bertz CT molecular complexity index is 352. The summed E-state index contributed by atoms with van der Waals surface area (Å²) in [5, 5.41) is 1.06. The zero-order valence-electron chi connectivity index (χ0n) is 10.4. The third-order valence-electron chi connectivity index (χ3n) is 3.41. The number of rotatable bonds is 6. The monoisotopic (exact) mass is 297 g/mol. The van der Waals surface area contributed by atoms with Crippen molar-refractivity contribution in [2.75, 3.05) is 16.8 Å². The number of anilines is 1. The van der Waals surface area contributed by atoms with Crippen LogP contribution in [-0.4, -0.2) is 27.9 Å². The molecule has 1 fully saturated rings. The number of aromatic nitrogens is 2. The summed E-state index contributed by atoms with van der Waals surface area (Å²) < 4.78 is 0. The lowest BCUT2D eigenvalue weighted by molar-refractivity contribution is 0.384. The van der Waals surface area contributed by atoms with Crippen LogP contribution in [0.5, 0.6) is 0 Å². The first kappa shape index (κ1) is 12.8. The summed E-state index contributed by atoms with van der Waals surface area (Å²) in [7, 11) is 0. The summed E-state index contributed by atoms with van der Waals surface area (Å²) in [6, 6.07) is 2.85. The predicted octanol–water partition coefficient (Wildman–Crippen LogP) is 3.18. The fourth-order valence-corrected chi connectivity index (χ4v) is 2.40. The molecule has 0 N–H and O–H groups in total. The van der Waals surface area contributed by atoms with Crippen molar-refractivity contribution in [3.63, 3.8) is 0 Å². The van der Waals surface area contributed by atoms with E-state index in [1.807, 2.05) is 0 Å². The minimum absolute atomic E-state index is 0.702. The Kier molecular flexibility index (Phi) is 4.77. The molecule has 1 aromatic rings. The van der Waals surface area contributed by atoms with Crippen LogP contribution in [0.25, 0.3) is 0 Å². The molecule has 4 heteroatoms. The lowest BCUT2D eigenvalue weighted by Gasteiger charge is -2.38. The van der Waals surface area contributed by atoms with Crippen molar-refractivity contribution in [2.45, 2.75) is 45.1 Å². The van der Waals surface area contributed by atoms with E-state index in [1.54, 1.807) is 6.33 Å². The predicted molar refractivity (Wildman–Crippen MR) is 74.8 cm³/mol. The lowest BCUT2D eigenvalue weighted by Crippen LogP contribution is -2.41. The molecule has 1 aliphatic rings. The van der Waals surface area contributed by atoms with Crippen LogP contribution in [0.4, 0.5) is 5.82 Å². The smallest absolute Gasteiger partial charge is 0.132 e. The van der Waals surface area contributed by atoms with Crippen LogP contribution in [0.3, 0.4) is 0 Å². The average Bonchev–Trinajstić information content (AvgIpc) is 2.32. The normalized spacial score (nSPS) is 15.6. The molecule has 0 aliphatic heterocycles. The average molecular weight is 298 g/mol. The van der Waals surface area contributed by atoms with E-state index in [9.17, 15) is 0 Å². The summed E-state index contributed by atoms with van der Waals surface area (Å²) in [6.45, 7) is 3.23. The second-order valence-electron chi connectivity index (χ2n) is 4.54. The van der Waals surface area contributed by atoms with E-state index in [1.165, 1.54) is 25.7 Å². The molecule has 0 spiro atoms. The first-order valence-corrected chi connectivity index (χ1v) is 7.60. The molecule has 94 valence electrons. The molecule has 0 aromatic carbocycles. The number of hydrogen-bond acceptors (Lipinski definition) is 3. The highest BCUT2D eigenvalue weighted by Crippen LogP contribution is 2.28. The highest BCUT2D eigenvalue weighted by atomic mass is 79.9. The van der Waals surface area contributed by atoms with E-state index < -0.39 is 0 Å². The van der Waals surface area contributed by atoms with Gasteiger partial charge in [-0.25, -0.2) is 9.97 Å². The molecule has 2 rings (SSSR count). The number of alkyl halides is 1. The van der Waals surface area contributed by atoms with E-state index in [0.717, 1.165) is 29.8 Å². The van der Waals surface area contributed by atoms with Crippen molar-refractivity contribution >= 4 is 21.7 Å². The largest absolute Gasteiger partial charge is 0.354 e. The SMILES string of the molecule is CCc1cc(N(CCCBr)C2CCC2)ncn1. The van der Waals surface area contributed by atoms with Crippen LogP contribution in [0.1, 0.15) is 38.3 Å². The van der Waals surface area contributed by atoms with E-state index in [-0.39, 0.29) is 0 Å². The Morgan fingerprint density at radius 3 is 2.82 bits per heavy atom. The summed E-state index contributed by atoms with van der Waals surface area (Å²) in [6.07, 6.45) is 7.84. The van der Waals surface area contributed by atoms with E-state index >= 15 is 0 Å². The molecule has 1 heterocycles. The Hall–Kier alpha value is -0.640. The van der Waals surface area contributed by atoms with Crippen LogP contribution < -0.4 is 4.90 Å². The first-order valence-electron chi connectivity index (χ1n) is 6.48. The third kappa shape index (κ3) is 3.18. The van der Waals surface area contributed by atoms with Crippen molar-refractivity contribution in [2.24, 2.45) is 0 Å². The second kappa shape index (κ2) is 6.34. The zero-order valence-corrected chi connectivity index (χ0v) is 12.0. The first-order chi connectivity index (χ1) is 8.35. The van der Waals surface area contributed by atoms with E-state index in [0.29, 0.717) is 6.04 Å². The highest BCUT2D eigenvalue weighted by Gasteiger charge is 2.25. The summed E-state index contributed by atoms with van der Waals surface area (Å²) >= 11 is 3.51. The lowest BCUT2D eigenvalue weighted by atomic mass is 9.91. The molecule has 0 bridgehead atoms. The molecule has 3 nitrogen and oxygen atoms in total. The van der Waals surface area contributed by atoms with Gasteiger partial charge in [0.2, 0.25) is 0 Å². The maximum Gasteiger partial charge on any atom is 0.132 e. The van der Waals surface area contributed by atoms with Crippen LogP contribution in [0.2, 0.25) is 0 Å².